The number of alkyl halides is 3. The molecule has 1 aliphatic rings. The van der Waals surface area contributed by atoms with E-state index in [1.807, 2.05) is 6.92 Å². The Hall–Kier alpha value is -1.10. The van der Waals surface area contributed by atoms with Crippen LogP contribution >= 0.6 is 0 Å². The van der Waals surface area contributed by atoms with Gasteiger partial charge in [0.25, 0.3) is 0 Å². The molecule has 0 radical (unpaired) electrons. The minimum Gasteiger partial charge on any atom is -0.307 e. The van der Waals surface area contributed by atoms with Gasteiger partial charge < -0.3 is 5.32 Å². The Morgan fingerprint density at radius 2 is 1.80 bits per heavy atom. The highest BCUT2D eigenvalue weighted by Crippen LogP contribution is 2.38. The van der Waals surface area contributed by atoms with Crippen molar-refractivity contribution in [1.29, 1.82) is 0 Å². The minimum atomic E-state index is -4.10. The van der Waals surface area contributed by atoms with Gasteiger partial charge in [0.2, 0.25) is 0 Å². The Morgan fingerprint density at radius 3 is 2.40 bits per heavy atom. The topological polar surface area (TPSA) is 12.0 Å². The van der Waals surface area contributed by atoms with E-state index >= 15 is 0 Å². The van der Waals surface area contributed by atoms with Crippen molar-refractivity contribution < 1.29 is 17.6 Å². The number of benzene rings is 1. The van der Waals surface area contributed by atoms with Crippen molar-refractivity contribution in [2.75, 3.05) is 0 Å². The van der Waals surface area contributed by atoms with E-state index in [9.17, 15) is 17.6 Å². The van der Waals surface area contributed by atoms with Gasteiger partial charge in [-0.2, -0.15) is 13.2 Å². The summed E-state index contributed by atoms with van der Waals surface area (Å²) in [7, 11) is 0. The van der Waals surface area contributed by atoms with Crippen molar-refractivity contribution in [2.45, 2.75) is 50.9 Å². The molecule has 1 nitrogen and oxygen atoms in total. The van der Waals surface area contributed by atoms with Crippen molar-refractivity contribution in [3.8, 4) is 0 Å². The second-order valence-corrected chi connectivity index (χ2v) is 5.54. The molecule has 1 N–H and O–H groups in total. The fourth-order valence-corrected chi connectivity index (χ4v) is 2.84. The van der Waals surface area contributed by atoms with E-state index in [0.29, 0.717) is 6.42 Å². The maximum atomic E-state index is 12.8. The second kappa shape index (κ2) is 6.12. The summed E-state index contributed by atoms with van der Waals surface area (Å²) in [4.78, 5) is 0. The first kappa shape index (κ1) is 15.3. The summed E-state index contributed by atoms with van der Waals surface area (Å²) in [6.45, 7) is 1.89. The van der Waals surface area contributed by atoms with E-state index in [1.165, 1.54) is 12.1 Å². The summed E-state index contributed by atoms with van der Waals surface area (Å²) in [5.41, 5.74) is 0.889. The Balaban J connectivity index is 1.94. The summed E-state index contributed by atoms with van der Waals surface area (Å²) in [5.74, 6) is -1.51. The molecule has 0 amide bonds. The highest BCUT2D eigenvalue weighted by molar-refractivity contribution is 5.19. The molecule has 1 aliphatic carbocycles. The SMILES string of the molecule is C[C@@H](NC1CCCC(C(F)(F)F)C1)c1ccc(F)cc1. The summed E-state index contributed by atoms with van der Waals surface area (Å²) >= 11 is 0. The van der Waals surface area contributed by atoms with E-state index in [2.05, 4.69) is 5.32 Å². The highest BCUT2D eigenvalue weighted by atomic mass is 19.4. The van der Waals surface area contributed by atoms with Gasteiger partial charge in [0.15, 0.2) is 0 Å². The molecule has 0 spiro atoms. The molecule has 0 saturated heterocycles. The molecule has 0 bridgehead atoms. The van der Waals surface area contributed by atoms with Gasteiger partial charge in [0.1, 0.15) is 5.82 Å². The van der Waals surface area contributed by atoms with Crippen LogP contribution in [0.3, 0.4) is 0 Å². The van der Waals surface area contributed by atoms with E-state index in [4.69, 9.17) is 0 Å². The van der Waals surface area contributed by atoms with E-state index in [0.717, 1.165) is 12.0 Å². The fourth-order valence-electron chi connectivity index (χ4n) is 2.84. The van der Waals surface area contributed by atoms with Crippen LogP contribution in [0.15, 0.2) is 24.3 Å². The first-order valence-electron chi connectivity index (χ1n) is 6.94. The molecular formula is C15H19F4N. The molecule has 1 fully saturated rings. The number of rotatable bonds is 3. The van der Waals surface area contributed by atoms with Crippen LogP contribution in [-0.2, 0) is 0 Å². The summed E-state index contributed by atoms with van der Waals surface area (Å²) in [6.07, 6.45) is -2.38. The Labute approximate surface area is 116 Å². The lowest BCUT2D eigenvalue weighted by molar-refractivity contribution is -0.183. The lowest BCUT2D eigenvalue weighted by Gasteiger charge is -2.33. The van der Waals surface area contributed by atoms with Crippen molar-refractivity contribution in [1.82, 2.24) is 5.32 Å². The third-order valence-corrected chi connectivity index (χ3v) is 3.99. The zero-order chi connectivity index (χ0) is 14.8. The average Bonchev–Trinajstić information content (AvgIpc) is 2.38. The van der Waals surface area contributed by atoms with Crippen LogP contribution in [0.1, 0.15) is 44.2 Å². The number of hydrogen-bond donors (Lipinski definition) is 1. The maximum absolute atomic E-state index is 12.8. The quantitative estimate of drug-likeness (QED) is 0.802. The lowest BCUT2D eigenvalue weighted by atomic mass is 9.85. The van der Waals surface area contributed by atoms with E-state index in [1.54, 1.807) is 12.1 Å². The van der Waals surface area contributed by atoms with Crippen molar-refractivity contribution >= 4 is 0 Å². The molecular weight excluding hydrogens is 270 g/mol. The monoisotopic (exact) mass is 289 g/mol. The summed E-state index contributed by atoms with van der Waals surface area (Å²) < 4.78 is 51.1. The van der Waals surface area contributed by atoms with Gasteiger partial charge in [-0.1, -0.05) is 18.6 Å². The van der Waals surface area contributed by atoms with Crippen LogP contribution in [0.5, 0.6) is 0 Å². The Bertz CT molecular complexity index is 426. The average molecular weight is 289 g/mol. The first-order chi connectivity index (χ1) is 9.36. The third kappa shape index (κ3) is 3.95. The van der Waals surface area contributed by atoms with Crippen molar-refractivity contribution in [3.05, 3.63) is 35.6 Å². The van der Waals surface area contributed by atoms with Crippen LogP contribution in [-0.4, -0.2) is 12.2 Å². The van der Waals surface area contributed by atoms with Crippen molar-refractivity contribution in [2.24, 2.45) is 5.92 Å². The second-order valence-electron chi connectivity index (χ2n) is 5.54. The van der Waals surface area contributed by atoms with Crippen LogP contribution in [0.2, 0.25) is 0 Å². The highest BCUT2D eigenvalue weighted by Gasteiger charge is 2.42. The van der Waals surface area contributed by atoms with Gasteiger partial charge >= 0.3 is 6.18 Å². The zero-order valence-electron chi connectivity index (χ0n) is 11.4. The predicted molar refractivity (Wildman–Crippen MR) is 69.8 cm³/mol. The van der Waals surface area contributed by atoms with Crippen LogP contribution in [0, 0.1) is 11.7 Å². The third-order valence-electron chi connectivity index (χ3n) is 3.99. The van der Waals surface area contributed by atoms with Crippen LogP contribution < -0.4 is 5.32 Å². The van der Waals surface area contributed by atoms with Crippen LogP contribution in [0.25, 0.3) is 0 Å². The fraction of sp³-hybridized carbons (Fsp3) is 0.600. The standard InChI is InChI=1S/C15H19F4N/c1-10(11-5-7-13(16)8-6-11)20-14-4-2-3-12(9-14)15(17,18)19/h5-8,10,12,14,20H,2-4,9H2,1H3/t10-,12?,14?/m1/s1. The van der Waals surface area contributed by atoms with Gasteiger partial charge in [-0.3, -0.25) is 0 Å². The van der Waals surface area contributed by atoms with Gasteiger partial charge in [-0.05, 0) is 43.9 Å². The molecule has 112 valence electrons. The number of nitrogens with one attached hydrogen (secondary N) is 1. The normalized spacial score (nSPS) is 25.4. The van der Waals surface area contributed by atoms with Gasteiger partial charge in [-0.25, -0.2) is 4.39 Å². The Kier molecular flexibility index (Phi) is 4.68. The van der Waals surface area contributed by atoms with Gasteiger partial charge in [0.05, 0.1) is 5.92 Å². The molecule has 1 aromatic rings. The maximum Gasteiger partial charge on any atom is 0.391 e. The molecule has 0 heterocycles. The van der Waals surface area contributed by atoms with E-state index in [-0.39, 0.29) is 30.7 Å². The molecule has 1 saturated carbocycles. The minimum absolute atomic E-state index is 0.0763. The molecule has 20 heavy (non-hydrogen) atoms. The molecule has 3 atom stereocenters. The number of hydrogen-bond acceptors (Lipinski definition) is 1. The first-order valence-corrected chi connectivity index (χ1v) is 6.94. The molecule has 0 aliphatic heterocycles. The molecule has 5 heteroatoms. The summed E-state index contributed by atoms with van der Waals surface area (Å²) in [5, 5.41) is 3.23. The molecule has 1 aromatic carbocycles. The Morgan fingerprint density at radius 1 is 1.15 bits per heavy atom. The molecule has 0 aromatic heterocycles. The smallest absolute Gasteiger partial charge is 0.307 e. The molecule has 2 unspecified atom stereocenters. The zero-order valence-corrected chi connectivity index (χ0v) is 11.4. The van der Waals surface area contributed by atoms with Crippen molar-refractivity contribution in [3.63, 3.8) is 0 Å². The largest absolute Gasteiger partial charge is 0.391 e. The lowest BCUT2D eigenvalue weighted by Crippen LogP contribution is -2.39. The number of halogens is 4. The van der Waals surface area contributed by atoms with Gasteiger partial charge in [-0.15, -0.1) is 0 Å². The van der Waals surface area contributed by atoms with Gasteiger partial charge in [0, 0.05) is 12.1 Å². The van der Waals surface area contributed by atoms with Crippen LogP contribution in [0.4, 0.5) is 17.6 Å². The molecule has 2 rings (SSSR count). The predicted octanol–water partition coefficient (Wildman–Crippen LogP) is 4.60. The van der Waals surface area contributed by atoms with E-state index < -0.39 is 12.1 Å². The summed E-state index contributed by atoms with van der Waals surface area (Å²) in [6, 6.07) is 5.86.